The van der Waals surface area contributed by atoms with Crippen LogP contribution in [0.3, 0.4) is 0 Å². The summed E-state index contributed by atoms with van der Waals surface area (Å²) in [6, 6.07) is 2.97. The highest BCUT2D eigenvalue weighted by atomic mass is 79.9. The van der Waals surface area contributed by atoms with E-state index in [0.29, 0.717) is 0 Å². The Morgan fingerprint density at radius 3 is 2.65 bits per heavy atom. The Hall–Kier alpha value is 0.430. The third-order valence-corrected chi connectivity index (χ3v) is 7.42. The van der Waals surface area contributed by atoms with E-state index < -0.39 is 0 Å². The van der Waals surface area contributed by atoms with Crippen molar-refractivity contribution >= 4 is 38.9 Å². The minimum atomic E-state index is 0.820. The van der Waals surface area contributed by atoms with E-state index in [1.54, 1.807) is 11.3 Å². The molecule has 1 nitrogen and oxygen atoms in total. The standard InChI is InChI=1S/C13H15BrClNS/c14-9-4-8(17-13(9)15)5-16-12-10-6-1-2-7(3-6)11(10)12/h4,6-7,10-12,16H,1-3,5H2. The second-order valence-corrected chi connectivity index (χ2v) is 8.32. The topological polar surface area (TPSA) is 12.0 Å². The minimum Gasteiger partial charge on any atom is -0.309 e. The molecule has 3 aliphatic rings. The first kappa shape index (κ1) is 11.3. The molecular weight excluding hydrogens is 318 g/mol. The molecule has 0 aromatic carbocycles. The smallest absolute Gasteiger partial charge is 0.107 e. The fraction of sp³-hybridized carbons (Fsp3) is 0.692. The van der Waals surface area contributed by atoms with Gasteiger partial charge in [0.05, 0.1) is 0 Å². The van der Waals surface area contributed by atoms with Gasteiger partial charge in [0.25, 0.3) is 0 Å². The molecule has 1 N–H and O–H groups in total. The number of halogens is 2. The molecule has 4 unspecified atom stereocenters. The van der Waals surface area contributed by atoms with Crippen LogP contribution in [0.1, 0.15) is 24.1 Å². The van der Waals surface area contributed by atoms with Crippen molar-refractivity contribution in [1.82, 2.24) is 5.32 Å². The summed E-state index contributed by atoms with van der Waals surface area (Å²) < 4.78 is 1.91. The normalized spacial score (nSPS) is 41.9. The van der Waals surface area contributed by atoms with Gasteiger partial charge in [-0.3, -0.25) is 0 Å². The summed E-state index contributed by atoms with van der Waals surface area (Å²) in [5.74, 6) is 4.16. The number of fused-ring (bicyclic) bond motifs is 5. The molecular formula is C13H15BrClNS. The molecule has 3 saturated carbocycles. The zero-order chi connectivity index (χ0) is 11.6. The van der Waals surface area contributed by atoms with Crippen molar-refractivity contribution in [3.8, 4) is 0 Å². The van der Waals surface area contributed by atoms with Crippen LogP contribution in [0.2, 0.25) is 4.34 Å². The average molecular weight is 333 g/mol. The zero-order valence-electron chi connectivity index (χ0n) is 9.46. The zero-order valence-corrected chi connectivity index (χ0v) is 12.6. The Labute approximate surface area is 119 Å². The molecule has 0 amide bonds. The van der Waals surface area contributed by atoms with Crippen LogP contribution in [0.5, 0.6) is 0 Å². The number of nitrogens with one attached hydrogen (secondary N) is 1. The van der Waals surface area contributed by atoms with E-state index in [9.17, 15) is 0 Å². The summed E-state index contributed by atoms with van der Waals surface area (Å²) in [4.78, 5) is 1.35. The van der Waals surface area contributed by atoms with Crippen LogP contribution < -0.4 is 5.32 Å². The number of rotatable bonds is 3. The Bertz CT molecular complexity index is 425. The van der Waals surface area contributed by atoms with Crippen molar-refractivity contribution < 1.29 is 0 Å². The molecule has 2 bridgehead atoms. The summed E-state index contributed by atoms with van der Waals surface area (Å²) >= 11 is 11.2. The largest absolute Gasteiger partial charge is 0.309 e. The Kier molecular flexibility index (Phi) is 2.63. The third kappa shape index (κ3) is 1.73. The molecule has 3 fully saturated rings. The van der Waals surface area contributed by atoms with Crippen LogP contribution in [-0.4, -0.2) is 6.04 Å². The van der Waals surface area contributed by atoms with E-state index in [1.165, 1.54) is 24.1 Å². The average Bonchev–Trinajstić information content (AvgIpc) is 2.64. The second kappa shape index (κ2) is 3.96. The van der Waals surface area contributed by atoms with Crippen LogP contribution in [0, 0.1) is 23.7 Å². The first-order valence-corrected chi connectivity index (χ1v) is 8.40. The van der Waals surface area contributed by atoms with E-state index in [-0.39, 0.29) is 0 Å². The molecule has 0 radical (unpaired) electrons. The number of hydrogen-bond acceptors (Lipinski definition) is 2. The lowest BCUT2D eigenvalue weighted by Crippen LogP contribution is -2.21. The van der Waals surface area contributed by atoms with Crippen LogP contribution in [0.4, 0.5) is 0 Å². The van der Waals surface area contributed by atoms with Gasteiger partial charge in [0.1, 0.15) is 4.34 Å². The summed E-state index contributed by atoms with van der Waals surface area (Å²) in [7, 11) is 0. The third-order valence-electron chi connectivity index (χ3n) is 4.94. The maximum atomic E-state index is 6.06. The minimum absolute atomic E-state index is 0.820. The van der Waals surface area contributed by atoms with E-state index in [0.717, 1.165) is 45.1 Å². The van der Waals surface area contributed by atoms with Gasteiger partial charge in [-0.25, -0.2) is 0 Å². The first-order valence-electron chi connectivity index (χ1n) is 6.41. The lowest BCUT2D eigenvalue weighted by molar-refractivity contribution is 0.456. The lowest BCUT2D eigenvalue weighted by Gasteiger charge is -2.09. The molecule has 0 saturated heterocycles. The highest BCUT2D eigenvalue weighted by Crippen LogP contribution is 2.65. The van der Waals surface area contributed by atoms with Crippen molar-refractivity contribution in [3.63, 3.8) is 0 Å². The van der Waals surface area contributed by atoms with Crippen LogP contribution in [0.15, 0.2) is 10.5 Å². The summed E-state index contributed by atoms with van der Waals surface area (Å²) in [5, 5.41) is 3.75. The monoisotopic (exact) mass is 331 g/mol. The highest BCUT2D eigenvalue weighted by molar-refractivity contribution is 9.10. The second-order valence-electron chi connectivity index (χ2n) is 5.73. The van der Waals surface area contributed by atoms with Gasteiger partial charge in [-0.15, -0.1) is 11.3 Å². The van der Waals surface area contributed by atoms with Crippen LogP contribution >= 0.6 is 38.9 Å². The summed E-state index contributed by atoms with van der Waals surface area (Å²) in [6.07, 6.45) is 4.53. The molecule has 4 atom stereocenters. The van der Waals surface area contributed by atoms with Crippen molar-refractivity contribution in [2.75, 3.05) is 0 Å². The van der Waals surface area contributed by atoms with Crippen molar-refractivity contribution in [2.45, 2.75) is 31.8 Å². The molecule has 4 rings (SSSR count). The van der Waals surface area contributed by atoms with Gasteiger partial charge in [-0.05, 0) is 64.9 Å². The Morgan fingerprint density at radius 2 is 2.06 bits per heavy atom. The highest BCUT2D eigenvalue weighted by Gasteiger charge is 2.64. The fourth-order valence-electron chi connectivity index (χ4n) is 4.30. The van der Waals surface area contributed by atoms with Crippen molar-refractivity contribution in [1.29, 1.82) is 0 Å². The van der Waals surface area contributed by atoms with Gasteiger partial charge < -0.3 is 5.32 Å². The molecule has 0 spiro atoms. The maximum Gasteiger partial charge on any atom is 0.107 e. The molecule has 4 heteroatoms. The van der Waals surface area contributed by atoms with Gasteiger partial charge in [0.15, 0.2) is 0 Å². The van der Waals surface area contributed by atoms with Gasteiger partial charge >= 0.3 is 0 Å². The van der Waals surface area contributed by atoms with Gasteiger partial charge in [-0.1, -0.05) is 11.6 Å². The quantitative estimate of drug-likeness (QED) is 0.870. The molecule has 92 valence electrons. The summed E-state index contributed by atoms with van der Waals surface area (Å²) in [5.41, 5.74) is 0. The van der Waals surface area contributed by atoms with Crippen molar-refractivity contribution in [2.24, 2.45) is 23.7 Å². The Balaban J connectivity index is 1.38. The molecule has 3 aliphatic carbocycles. The SMILES string of the molecule is Clc1sc(CNC2C3C4CCC(C4)C23)cc1Br. The predicted octanol–water partition coefficient (Wildman–Crippen LogP) is 4.30. The molecule has 1 aromatic heterocycles. The molecule has 0 aliphatic heterocycles. The van der Waals surface area contributed by atoms with E-state index >= 15 is 0 Å². The van der Waals surface area contributed by atoms with E-state index in [1.807, 2.05) is 0 Å². The maximum absolute atomic E-state index is 6.06. The van der Waals surface area contributed by atoms with Crippen molar-refractivity contribution in [3.05, 3.63) is 19.8 Å². The fourth-order valence-corrected chi connectivity index (χ4v) is 6.04. The van der Waals surface area contributed by atoms with Crippen LogP contribution in [0.25, 0.3) is 0 Å². The van der Waals surface area contributed by atoms with E-state index in [2.05, 4.69) is 27.3 Å². The lowest BCUT2D eigenvalue weighted by atomic mass is 10.0. The number of thiophene rings is 1. The van der Waals surface area contributed by atoms with Gasteiger partial charge in [-0.2, -0.15) is 0 Å². The molecule has 1 heterocycles. The van der Waals surface area contributed by atoms with Gasteiger partial charge in [0, 0.05) is 21.9 Å². The Morgan fingerprint density at radius 1 is 1.35 bits per heavy atom. The first-order chi connectivity index (χ1) is 8.24. The van der Waals surface area contributed by atoms with E-state index in [4.69, 9.17) is 11.6 Å². The predicted molar refractivity (Wildman–Crippen MR) is 75.5 cm³/mol. The summed E-state index contributed by atoms with van der Waals surface area (Å²) in [6.45, 7) is 0.993. The number of hydrogen-bond donors (Lipinski definition) is 1. The van der Waals surface area contributed by atoms with Gasteiger partial charge in [0.2, 0.25) is 0 Å². The molecule has 17 heavy (non-hydrogen) atoms. The molecule has 1 aromatic rings. The van der Waals surface area contributed by atoms with Crippen LogP contribution in [-0.2, 0) is 6.54 Å².